The molecule has 0 spiro atoms. The highest BCUT2D eigenvalue weighted by molar-refractivity contribution is 8.19. The zero-order valence-electron chi connectivity index (χ0n) is 24.3. The molecule has 6 nitrogen and oxygen atoms in total. The number of hydrogen-bond acceptors (Lipinski definition) is 6. The molecule has 0 radical (unpaired) electrons. The molecule has 40 heavy (non-hydrogen) atoms. The van der Waals surface area contributed by atoms with Gasteiger partial charge in [-0.25, -0.2) is 21.5 Å². The lowest BCUT2D eigenvalue weighted by molar-refractivity contribution is -0.114. The van der Waals surface area contributed by atoms with Gasteiger partial charge in [0.15, 0.2) is 11.6 Å². The minimum Gasteiger partial charge on any atom is -0.799 e. The fourth-order valence-electron chi connectivity index (χ4n) is 4.98. The van der Waals surface area contributed by atoms with E-state index < -0.39 is 21.5 Å². The third-order valence-corrected chi connectivity index (χ3v) is 10.9. The van der Waals surface area contributed by atoms with Gasteiger partial charge in [0.05, 0.1) is 0 Å². The Labute approximate surface area is 244 Å². The Balaban J connectivity index is 1.84. The number of aliphatic hydroxyl groups is 2. The number of carbonyl (C=O) groups is 2. The Bertz CT molecular complexity index is 1190. The molecule has 2 atom stereocenters. The van der Waals surface area contributed by atoms with Crippen LogP contribution >= 0.6 is 21.5 Å². The van der Waals surface area contributed by atoms with Crippen LogP contribution in [0.3, 0.4) is 0 Å². The number of allylic oxidation sites excluding steroid dienone is 3. The first-order valence-corrected chi connectivity index (χ1v) is 16.5. The SMILES string of the molecule is CC(C)(CO)CCCCC1=CC(=O)CC(c2ccccc2C2=CC(=O)CC(CCCCC(C)(C)CO)=S2[O-])=S1[O-]. The standard InChI is InChI=1S/C32H45O6S2/c1-31(2,21-33)15-9-7-11-25-17-23(35)19-29(39(25)37)27-13-5-6-14-28(27)30-20-24(36)18-26(40(30)38)12-8-10-16-32(3,4)22-34/h5-6,13-14,17,20,33-34H,7-12,15-16,18-19,21-22H2,1-4H3,(H-,36,37,38)/q-1/p-1. The lowest BCUT2D eigenvalue weighted by Gasteiger charge is -2.32. The fraction of sp³-hybridized carbons (Fsp3) is 0.562. The van der Waals surface area contributed by atoms with Crippen LogP contribution in [0.1, 0.15) is 103 Å². The van der Waals surface area contributed by atoms with Crippen LogP contribution in [0.25, 0.3) is 4.91 Å². The van der Waals surface area contributed by atoms with Crippen LogP contribution in [-0.4, -0.2) is 53.8 Å². The van der Waals surface area contributed by atoms with Crippen molar-refractivity contribution < 1.29 is 28.9 Å². The molecule has 1 aromatic rings. The van der Waals surface area contributed by atoms with E-state index in [-0.39, 0.29) is 48.5 Å². The van der Waals surface area contributed by atoms with Gasteiger partial charge in [-0.1, -0.05) is 64.8 Å². The van der Waals surface area contributed by atoms with Crippen molar-refractivity contribution in [3.05, 3.63) is 52.4 Å². The molecule has 222 valence electrons. The smallest absolute Gasteiger partial charge is 0.161 e. The normalized spacial score (nSPS) is 20.6. The van der Waals surface area contributed by atoms with Crippen LogP contribution in [0.15, 0.2) is 41.3 Å². The lowest BCUT2D eigenvalue weighted by Crippen LogP contribution is -2.18. The summed E-state index contributed by atoms with van der Waals surface area (Å²) in [6.45, 7) is 8.25. The highest BCUT2D eigenvalue weighted by Gasteiger charge is 2.23. The van der Waals surface area contributed by atoms with Crippen LogP contribution in [0, 0.1) is 10.8 Å². The van der Waals surface area contributed by atoms with Gasteiger partial charge < -0.3 is 19.3 Å². The summed E-state index contributed by atoms with van der Waals surface area (Å²) in [5.41, 5.74) is 0.872. The van der Waals surface area contributed by atoms with E-state index in [9.17, 15) is 28.9 Å². The monoisotopic (exact) mass is 588 g/mol. The predicted octanol–water partition coefficient (Wildman–Crippen LogP) is 6.51. The Morgan fingerprint density at radius 2 is 1.30 bits per heavy atom. The van der Waals surface area contributed by atoms with Crippen molar-refractivity contribution in [1.29, 1.82) is 0 Å². The summed E-state index contributed by atoms with van der Waals surface area (Å²) < 4.78 is 27.3. The molecule has 2 N–H and O–H groups in total. The van der Waals surface area contributed by atoms with Gasteiger partial charge in [0, 0.05) is 26.1 Å². The van der Waals surface area contributed by atoms with Crippen molar-refractivity contribution in [2.24, 2.45) is 10.8 Å². The molecule has 0 saturated carbocycles. The number of unbranched alkanes of at least 4 members (excludes halogenated alkanes) is 2. The second-order valence-electron chi connectivity index (χ2n) is 12.5. The van der Waals surface area contributed by atoms with E-state index in [1.54, 1.807) is 18.2 Å². The van der Waals surface area contributed by atoms with Gasteiger partial charge in [-0.2, -0.15) is 0 Å². The maximum atomic E-state index is 13.7. The maximum Gasteiger partial charge on any atom is 0.161 e. The predicted molar refractivity (Wildman–Crippen MR) is 166 cm³/mol. The first-order chi connectivity index (χ1) is 18.9. The molecule has 0 amide bonds. The van der Waals surface area contributed by atoms with Crippen molar-refractivity contribution in [3.8, 4) is 0 Å². The van der Waals surface area contributed by atoms with E-state index in [1.807, 2.05) is 33.8 Å². The topological polar surface area (TPSA) is 121 Å². The number of hydrogen-bond donors (Lipinski definition) is 2. The largest absolute Gasteiger partial charge is 0.799 e. The molecule has 0 aromatic heterocycles. The molecule has 2 aliphatic heterocycles. The number of rotatable bonds is 14. The number of aliphatic hydroxyl groups excluding tert-OH is 2. The van der Waals surface area contributed by atoms with Gasteiger partial charge in [-0.05, 0) is 92.2 Å². The second kappa shape index (κ2) is 14.5. The molecular formula is C32H44O6S2-2. The van der Waals surface area contributed by atoms with Crippen molar-refractivity contribution >= 4 is 47.7 Å². The van der Waals surface area contributed by atoms with Gasteiger partial charge >= 0.3 is 0 Å². The zero-order valence-corrected chi connectivity index (χ0v) is 25.9. The summed E-state index contributed by atoms with van der Waals surface area (Å²) in [5, 5.41) is 19.0. The van der Waals surface area contributed by atoms with Gasteiger partial charge in [-0.3, -0.25) is 9.59 Å². The first kappa shape index (κ1) is 32.8. The minimum absolute atomic E-state index is 0.0236. The summed E-state index contributed by atoms with van der Waals surface area (Å²) in [4.78, 5) is 27.6. The highest BCUT2D eigenvalue weighted by Crippen LogP contribution is 2.42. The molecule has 0 aliphatic carbocycles. The summed E-state index contributed by atoms with van der Waals surface area (Å²) in [6.07, 6.45) is 9.18. The number of benzene rings is 1. The Morgan fingerprint density at radius 3 is 1.90 bits per heavy atom. The molecule has 0 bridgehead atoms. The third kappa shape index (κ3) is 8.91. The van der Waals surface area contributed by atoms with Crippen LogP contribution in [0.2, 0.25) is 0 Å². The zero-order chi connectivity index (χ0) is 29.5. The molecule has 0 saturated heterocycles. The van der Waals surface area contributed by atoms with E-state index in [1.165, 1.54) is 12.2 Å². The minimum atomic E-state index is -1.50. The van der Waals surface area contributed by atoms with E-state index in [0.717, 1.165) is 38.5 Å². The summed E-state index contributed by atoms with van der Waals surface area (Å²) >= 11 is 0. The first-order valence-electron chi connectivity index (χ1n) is 14.2. The molecule has 3 rings (SSSR count). The van der Waals surface area contributed by atoms with E-state index in [4.69, 9.17) is 0 Å². The molecule has 2 unspecified atom stereocenters. The maximum absolute atomic E-state index is 13.7. The van der Waals surface area contributed by atoms with Gasteiger partial charge in [0.1, 0.15) is 0 Å². The van der Waals surface area contributed by atoms with Crippen LogP contribution in [0.4, 0.5) is 0 Å². The molecule has 2 aliphatic rings. The van der Waals surface area contributed by atoms with Crippen molar-refractivity contribution in [2.45, 2.75) is 91.9 Å². The van der Waals surface area contributed by atoms with Crippen molar-refractivity contribution in [1.82, 2.24) is 0 Å². The Kier molecular flexibility index (Phi) is 11.9. The van der Waals surface area contributed by atoms with Gasteiger partial charge in [-0.15, -0.1) is 0 Å². The average molecular weight is 589 g/mol. The molecule has 0 fully saturated rings. The summed E-state index contributed by atoms with van der Waals surface area (Å²) in [6, 6.07) is 7.21. The van der Waals surface area contributed by atoms with E-state index >= 15 is 0 Å². The van der Waals surface area contributed by atoms with Crippen molar-refractivity contribution in [3.63, 3.8) is 0 Å². The quantitative estimate of drug-likeness (QED) is 0.189. The van der Waals surface area contributed by atoms with Crippen LogP contribution in [-0.2, 0) is 9.59 Å². The lowest BCUT2D eigenvalue weighted by atomic mass is 9.88. The van der Waals surface area contributed by atoms with E-state index in [2.05, 4.69) is 0 Å². The summed E-state index contributed by atoms with van der Waals surface area (Å²) in [5.74, 6) is -0.213. The summed E-state index contributed by atoms with van der Waals surface area (Å²) in [7, 11) is -3.00. The second-order valence-corrected chi connectivity index (χ2v) is 15.6. The number of ketones is 2. The molecular weight excluding hydrogens is 544 g/mol. The molecule has 2 heterocycles. The fourth-order valence-corrected chi connectivity index (χ4v) is 8.04. The Hall–Kier alpha value is -1.68. The Morgan fingerprint density at radius 1 is 0.750 bits per heavy atom. The molecule has 1 aromatic carbocycles. The van der Waals surface area contributed by atoms with Crippen LogP contribution in [0.5, 0.6) is 0 Å². The number of carbonyl (C=O) groups excluding carboxylic acids is 2. The van der Waals surface area contributed by atoms with E-state index in [0.29, 0.717) is 43.5 Å². The van der Waals surface area contributed by atoms with Crippen LogP contribution < -0.4 is 0 Å². The third-order valence-electron chi connectivity index (χ3n) is 7.68. The highest BCUT2D eigenvalue weighted by atomic mass is 32.2. The van der Waals surface area contributed by atoms with Crippen molar-refractivity contribution in [2.75, 3.05) is 13.2 Å². The van der Waals surface area contributed by atoms with Gasteiger partial charge in [0.2, 0.25) is 0 Å². The average Bonchev–Trinajstić information content (AvgIpc) is 2.92. The molecule has 8 heteroatoms. The van der Waals surface area contributed by atoms with Gasteiger partial charge in [0.25, 0.3) is 0 Å².